The van der Waals surface area contributed by atoms with Crippen LogP contribution in [0.2, 0.25) is 0 Å². The quantitative estimate of drug-likeness (QED) is 0.746. The highest BCUT2D eigenvalue weighted by molar-refractivity contribution is 5.98. The van der Waals surface area contributed by atoms with Gasteiger partial charge in [0.2, 0.25) is 0 Å². The lowest BCUT2D eigenvalue weighted by Crippen LogP contribution is -2.31. The van der Waals surface area contributed by atoms with E-state index in [2.05, 4.69) is 13.8 Å². The molecule has 0 aliphatic carbocycles. The lowest BCUT2D eigenvalue weighted by molar-refractivity contribution is 0.0929. The lowest BCUT2D eigenvalue weighted by atomic mass is 10.0. The summed E-state index contributed by atoms with van der Waals surface area (Å²) in [6.45, 7) is 5.38. The Morgan fingerprint density at radius 2 is 2.24 bits per heavy atom. The van der Waals surface area contributed by atoms with Gasteiger partial charge in [-0.1, -0.05) is 0 Å². The van der Waals surface area contributed by atoms with Crippen molar-refractivity contribution in [1.82, 2.24) is 4.90 Å². The standard InChI is InChI=1S/C14H19NO2/c1-10(2)15(3)9-13(16)11-4-5-14-12(8-11)6-7-17-14/h4-5,8,10H,6-7,9H2,1-3H3. The molecule has 1 aliphatic rings. The first-order chi connectivity index (χ1) is 8.08. The monoisotopic (exact) mass is 233 g/mol. The summed E-state index contributed by atoms with van der Waals surface area (Å²) in [5.74, 6) is 1.11. The van der Waals surface area contributed by atoms with Gasteiger partial charge in [-0.15, -0.1) is 0 Å². The predicted molar refractivity (Wildman–Crippen MR) is 67.7 cm³/mol. The molecule has 0 unspecified atom stereocenters. The van der Waals surface area contributed by atoms with Crippen molar-refractivity contribution in [2.24, 2.45) is 0 Å². The van der Waals surface area contributed by atoms with Gasteiger partial charge >= 0.3 is 0 Å². The van der Waals surface area contributed by atoms with Crippen LogP contribution < -0.4 is 4.74 Å². The van der Waals surface area contributed by atoms with Crippen molar-refractivity contribution in [3.8, 4) is 5.75 Å². The number of likely N-dealkylation sites (N-methyl/N-ethyl adjacent to an activating group) is 1. The number of carbonyl (C=O) groups excluding carboxylic acids is 1. The first kappa shape index (κ1) is 12.1. The molecule has 0 aromatic heterocycles. The molecule has 2 rings (SSSR count). The molecule has 0 amide bonds. The summed E-state index contributed by atoms with van der Waals surface area (Å²) in [7, 11) is 1.97. The number of nitrogens with zero attached hydrogens (tertiary/aromatic N) is 1. The van der Waals surface area contributed by atoms with Crippen LogP contribution in [0.4, 0.5) is 0 Å². The van der Waals surface area contributed by atoms with Gasteiger partial charge in [0.15, 0.2) is 5.78 Å². The Balaban J connectivity index is 2.10. The third-order valence-electron chi connectivity index (χ3n) is 3.29. The largest absolute Gasteiger partial charge is 0.493 e. The van der Waals surface area contributed by atoms with E-state index in [0.717, 1.165) is 29.9 Å². The minimum Gasteiger partial charge on any atom is -0.493 e. The zero-order valence-corrected chi connectivity index (χ0v) is 10.7. The first-order valence-electron chi connectivity index (χ1n) is 6.07. The van der Waals surface area contributed by atoms with Crippen molar-refractivity contribution in [2.45, 2.75) is 26.3 Å². The number of ether oxygens (including phenoxy) is 1. The molecule has 17 heavy (non-hydrogen) atoms. The number of carbonyl (C=O) groups is 1. The van der Waals surface area contributed by atoms with Gasteiger partial charge in [0.25, 0.3) is 0 Å². The van der Waals surface area contributed by atoms with E-state index in [1.54, 1.807) is 0 Å². The number of fused-ring (bicyclic) bond motifs is 1. The molecule has 1 aromatic carbocycles. The summed E-state index contributed by atoms with van der Waals surface area (Å²) < 4.78 is 5.43. The molecule has 0 radical (unpaired) electrons. The average molecular weight is 233 g/mol. The molecule has 3 heteroatoms. The molecule has 0 spiro atoms. The summed E-state index contributed by atoms with van der Waals surface area (Å²) in [6, 6.07) is 6.13. The molecule has 92 valence electrons. The summed E-state index contributed by atoms with van der Waals surface area (Å²) in [4.78, 5) is 14.1. The van der Waals surface area contributed by atoms with E-state index in [9.17, 15) is 4.79 Å². The Morgan fingerprint density at radius 1 is 1.47 bits per heavy atom. The minimum absolute atomic E-state index is 0.177. The average Bonchev–Trinajstić information content (AvgIpc) is 2.75. The van der Waals surface area contributed by atoms with Gasteiger partial charge in [-0.2, -0.15) is 0 Å². The molecular formula is C14H19NO2. The van der Waals surface area contributed by atoms with Gasteiger partial charge in [-0.25, -0.2) is 0 Å². The van der Waals surface area contributed by atoms with E-state index < -0.39 is 0 Å². The fourth-order valence-electron chi connectivity index (χ4n) is 1.86. The molecule has 0 fully saturated rings. The second kappa shape index (κ2) is 4.88. The summed E-state index contributed by atoms with van der Waals surface area (Å²) >= 11 is 0. The van der Waals surface area contributed by atoms with Gasteiger partial charge in [-0.3, -0.25) is 9.69 Å². The summed E-state index contributed by atoms with van der Waals surface area (Å²) in [5, 5.41) is 0. The third kappa shape index (κ3) is 2.67. The van der Waals surface area contributed by atoms with Gasteiger partial charge < -0.3 is 4.74 Å². The van der Waals surface area contributed by atoms with Crippen molar-refractivity contribution in [1.29, 1.82) is 0 Å². The van der Waals surface area contributed by atoms with Gasteiger partial charge in [0, 0.05) is 18.0 Å². The number of Topliss-reactive ketones (excluding diaryl/α,β-unsaturated/α-hetero) is 1. The summed E-state index contributed by atoms with van der Waals surface area (Å²) in [6.07, 6.45) is 0.913. The number of ketones is 1. The molecule has 0 N–H and O–H groups in total. The fraction of sp³-hybridized carbons (Fsp3) is 0.500. The Morgan fingerprint density at radius 3 is 2.94 bits per heavy atom. The number of rotatable bonds is 4. The second-order valence-electron chi connectivity index (χ2n) is 4.85. The Labute approximate surface area is 102 Å². The molecule has 1 aromatic rings. The van der Waals surface area contributed by atoms with Crippen LogP contribution >= 0.6 is 0 Å². The van der Waals surface area contributed by atoms with E-state index in [4.69, 9.17) is 4.74 Å². The van der Waals surface area contributed by atoms with Gasteiger partial charge in [0.1, 0.15) is 5.75 Å². The van der Waals surface area contributed by atoms with Crippen LogP contribution in [0.3, 0.4) is 0 Å². The van der Waals surface area contributed by atoms with Crippen molar-refractivity contribution >= 4 is 5.78 Å². The number of hydrogen-bond acceptors (Lipinski definition) is 3. The highest BCUT2D eigenvalue weighted by atomic mass is 16.5. The maximum absolute atomic E-state index is 12.1. The van der Waals surface area contributed by atoms with E-state index in [-0.39, 0.29) is 5.78 Å². The molecule has 1 aliphatic heterocycles. The molecule has 0 saturated heterocycles. The van der Waals surface area contributed by atoms with Crippen LogP contribution in [-0.2, 0) is 6.42 Å². The fourth-order valence-corrected chi connectivity index (χ4v) is 1.86. The molecule has 0 bridgehead atoms. The van der Waals surface area contributed by atoms with Crippen LogP contribution in [0.25, 0.3) is 0 Å². The third-order valence-corrected chi connectivity index (χ3v) is 3.29. The molecule has 1 heterocycles. The van der Waals surface area contributed by atoms with Gasteiger partial charge in [-0.05, 0) is 44.7 Å². The van der Waals surface area contributed by atoms with E-state index in [1.165, 1.54) is 0 Å². The van der Waals surface area contributed by atoms with Crippen LogP contribution in [0.1, 0.15) is 29.8 Å². The topological polar surface area (TPSA) is 29.5 Å². The smallest absolute Gasteiger partial charge is 0.176 e. The first-order valence-corrected chi connectivity index (χ1v) is 6.07. The lowest BCUT2D eigenvalue weighted by Gasteiger charge is -2.19. The zero-order chi connectivity index (χ0) is 12.4. The number of hydrogen-bond donors (Lipinski definition) is 0. The van der Waals surface area contributed by atoms with Crippen molar-refractivity contribution in [3.05, 3.63) is 29.3 Å². The van der Waals surface area contributed by atoms with E-state index in [0.29, 0.717) is 12.6 Å². The SMILES string of the molecule is CC(C)N(C)CC(=O)c1ccc2c(c1)CCO2. The van der Waals surface area contributed by atoms with Crippen LogP contribution in [0, 0.1) is 0 Å². The molecule has 0 saturated carbocycles. The predicted octanol–water partition coefficient (Wildman–Crippen LogP) is 2.14. The van der Waals surface area contributed by atoms with Crippen LogP contribution in [0.15, 0.2) is 18.2 Å². The van der Waals surface area contributed by atoms with Gasteiger partial charge in [0.05, 0.1) is 13.2 Å². The Kier molecular flexibility index (Phi) is 3.48. The van der Waals surface area contributed by atoms with E-state index >= 15 is 0 Å². The molecule has 0 atom stereocenters. The van der Waals surface area contributed by atoms with Crippen molar-refractivity contribution in [2.75, 3.05) is 20.2 Å². The zero-order valence-electron chi connectivity index (χ0n) is 10.7. The van der Waals surface area contributed by atoms with Crippen LogP contribution in [-0.4, -0.2) is 36.9 Å². The molecule has 3 nitrogen and oxygen atoms in total. The molecular weight excluding hydrogens is 214 g/mol. The maximum atomic E-state index is 12.1. The van der Waals surface area contributed by atoms with Crippen molar-refractivity contribution < 1.29 is 9.53 Å². The highest BCUT2D eigenvalue weighted by Gasteiger charge is 2.16. The minimum atomic E-state index is 0.177. The summed E-state index contributed by atoms with van der Waals surface area (Å²) in [5.41, 5.74) is 1.95. The van der Waals surface area contributed by atoms with Crippen molar-refractivity contribution in [3.63, 3.8) is 0 Å². The number of benzene rings is 1. The Hall–Kier alpha value is -1.35. The maximum Gasteiger partial charge on any atom is 0.176 e. The van der Waals surface area contributed by atoms with E-state index in [1.807, 2.05) is 30.1 Å². The highest BCUT2D eigenvalue weighted by Crippen LogP contribution is 2.26. The normalized spacial score (nSPS) is 13.9. The second-order valence-corrected chi connectivity index (χ2v) is 4.85. The Bertz CT molecular complexity index is 426. The van der Waals surface area contributed by atoms with Crippen LogP contribution in [0.5, 0.6) is 5.75 Å².